The van der Waals surface area contributed by atoms with E-state index in [1.807, 2.05) is 0 Å². The molecule has 5 N–H and O–H groups in total. The molecule has 7 rings (SSSR count). The summed E-state index contributed by atoms with van der Waals surface area (Å²) in [6, 6.07) is 0. The van der Waals surface area contributed by atoms with E-state index in [2.05, 4.69) is 33.8 Å². The van der Waals surface area contributed by atoms with Gasteiger partial charge in [0, 0.05) is 24.2 Å². The van der Waals surface area contributed by atoms with Crippen LogP contribution < -0.4 is 0 Å². The lowest BCUT2D eigenvalue weighted by molar-refractivity contribution is -0.302. The Labute approximate surface area is 249 Å². The fourth-order valence-corrected chi connectivity index (χ4v) is 11.3. The molecule has 1 spiro atoms. The lowest BCUT2D eigenvalue weighted by Crippen LogP contribution is -2.61. The molecule has 0 aromatic carbocycles. The highest BCUT2D eigenvalue weighted by atomic mass is 16.7. The summed E-state index contributed by atoms with van der Waals surface area (Å²) in [7, 11) is 0. The maximum atomic E-state index is 11.8. The average Bonchev–Trinajstić information content (AvgIpc) is 3.41. The molecule has 0 aromatic rings. The third-order valence-corrected chi connectivity index (χ3v) is 13.6. The van der Waals surface area contributed by atoms with Crippen molar-refractivity contribution in [1.82, 2.24) is 0 Å². The second-order valence-corrected chi connectivity index (χ2v) is 15.5. The lowest BCUT2D eigenvalue weighted by Gasteiger charge is -2.60. The smallest absolute Gasteiger partial charge is 0.184 e. The number of aliphatic hydroxyl groups is 5. The SMILES string of the molecule is CC1CCC2(OC1)OC1CC3C4CC=C5CC(OC6C(O)C(O)OC(CO)C6O)CC(O)C5(C)C4CCC3(C)C1C2C. The van der Waals surface area contributed by atoms with Crippen molar-refractivity contribution in [3.63, 3.8) is 0 Å². The molecule has 0 bridgehead atoms. The van der Waals surface area contributed by atoms with E-state index in [1.54, 1.807) is 0 Å². The number of allylic oxidation sites excluding steroid dienone is 1. The minimum atomic E-state index is -1.55. The van der Waals surface area contributed by atoms with Crippen LogP contribution in [0, 0.1) is 46.3 Å². The molecule has 3 saturated carbocycles. The lowest BCUT2D eigenvalue weighted by atomic mass is 9.46. The first-order valence-corrected chi connectivity index (χ1v) is 16.6. The van der Waals surface area contributed by atoms with Crippen LogP contribution in [0.2, 0.25) is 0 Å². The van der Waals surface area contributed by atoms with Crippen molar-refractivity contribution in [2.45, 2.75) is 134 Å². The molecule has 9 nitrogen and oxygen atoms in total. The third kappa shape index (κ3) is 4.21. The summed E-state index contributed by atoms with van der Waals surface area (Å²) in [5.74, 6) is 2.48. The summed E-state index contributed by atoms with van der Waals surface area (Å²) in [6.07, 6.45) is 2.54. The van der Waals surface area contributed by atoms with Gasteiger partial charge in [-0.2, -0.15) is 0 Å². The molecule has 6 fully saturated rings. The van der Waals surface area contributed by atoms with Crippen molar-refractivity contribution in [2.75, 3.05) is 13.2 Å². The third-order valence-electron chi connectivity index (χ3n) is 13.6. The summed E-state index contributed by atoms with van der Waals surface area (Å²) in [6.45, 7) is 9.69. The summed E-state index contributed by atoms with van der Waals surface area (Å²) in [5, 5.41) is 52.6. The molecule has 17 unspecified atom stereocenters. The van der Waals surface area contributed by atoms with Gasteiger partial charge in [0.05, 0.1) is 31.5 Å². The van der Waals surface area contributed by atoms with Crippen LogP contribution in [-0.4, -0.2) is 93.6 Å². The van der Waals surface area contributed by atoms with Gasteiger partial charge < -0.3 is 44.5 Å². The molecule has 0 amide bonds. The van der Waals surface area contributed by atoms with Crippen LogP contribution >= 0.6 is 0 Å². The van der Waals surface area contributed by atoms with Gasteiger partial charge in [0.1, 0.15) is 24.4 Å². The van der Waals surface area contributed by atoms with Gasteiger partial charge in [-0.25, -0.2) is 0 Å². The van der Waals surface area contributed by atoms with Crippen molar-refractivity contribution in [1.29, 1.82) is 0 Å². The van der Waals surface area contributed by atoms with E-state index in [4.69, 9.17) is 18.9 Å². The maximum Gasteiger partial charge on any atom is 0.184 e. The number of ether oxygens (including phenoxy) is 4. The van der Waals surface area contributed by atoms with Gasteiger partial charge in [-0.15, -0.1) is 0 Å². The van der Waals surface area contributed by atoms with Gasteiger partial charge in [-0.3, -0.25) is 0 Å². The Bertz CT molecular complexity index is 1060. The summed E-state index contributed by atoms with van der Waals surface area (Å²) < 4.78 is 24.7. The van der Waals surface area contributed by atoms with Crippen molar-refractivity contribution >= 4 is 0 Å². The zero-order valence-electron chi connectivity index (χ0n) is 25.6. The molecular formula is C33H52O9. The monoisotopic (exact) mass is 592 g/mol. The summed E-state index contributed by atoms with van der Waals surface area (Å²) in [5.41, 5.74) is 1.06. The van der Waals surface area contributed by atoms with Crippen molar-refractivity contribution in [2.24, 2.45) is 46.3 Å². The number of rotatable bonds is 3. The molecule has 3 saturated heterocycles. The van der Waals surface area contributed by atoms with E-state index in [0.29, 0.717) is 48.3 Å². The van der Waals surface area contributed by atoms with Gasteiger partial charge in [0.25, 0.3) is 0 Å². The summed E-state index contributed by atoms with van der Waals surface area (Å²) in [4.78, 5) is 0. The van der Waals surface area contributed by atoms with Crippen LogP contribution in [0.1, 0.15) is 79.1 Å². The standard InChI is InChI=1S/C33H52O9/c1-16-7-10-33(39-15-16)17(2)26-23(42-33)13-22-20-6-5-18-11-19(40-29-27(36)24(14-34)41-30(38)28(29)37)12-25(35)32(18,4)21(20)8-9-31(22,26)3/h5,16-17,19-30,34-38H,6-15H2,1-4H3. The largest absolute Gasteiger partial charge is 0.394 e. The maximum absolute atomic E-state index is 11.8. The quantitative estimate of drug-likeness (QED) is 0.313. The molecule has 42 heavy (non-hydrogen) atoms. The van der Waals surface area contributed by atoms with Crippen LogP contribution in [0.15, 0.2) is 11.6 Å². The first kappa shape index (κ1) is 30.1. The highest BCUT2D eigenvalue weighted by Gasteiger charge is 2.69. The van der Waals surface area contributed by atoms with Crippen molar-refractivity contribution < 1.29 is 44.5 Å². The van der Waals surface area contributed by atoms with Crippen LogP contribution in [0.25, 0.3) is 0 Å². The Kier molecular flexibility index (Phi) is 7.48. The predicted octanol–water partition coefficient (Wildman–Crippen LogP) is 2.51. The molecule has 17 atom stereocenters. The Hall–Kier alpha value is -0.620. The zero-order chi connectivity index (χ0) is 29.8. The molecule has 7 aliphatic rings. The topological polar surface area (TPSA) is 138 Å². The fraction of sp³-hybridized carbons (Fsp3) is 0.939. The van der Waals surface area contributed by atoms with Gasteiger partial charge in [0.2, 0.25) is 0 Å². The van der Waals surface area contributed by atoms with E-state index < -0.39 is 55.3 Å². The van der Waals surface area contributed by atoms with Crippen molar-refractivity contribution in [3.8, 4) is 0 Å². The van der Waals surface area contributed by atoms with E-state index in [9.17, 15) is 25.5 Å². The highest BCUT2D eigenvalue weighted by molar-refractivity contribution is 5.28. The number of aliphatic hydroxyl groups excluding tert-OH is 5. The second kappa shape index (κ2) is 10.5. The van der Waals surface area contributed by atoms with Crippen LogP contribution in [-0.2, 0) is 18.9 Å². The minimum absolute atomic E-state index is 0.202. The highest BCUT2D eigenvalue weighted by Crippen LogP contribution is 2.70. The van der Waals surface area contributed by atoms with E-state index in [-0.39, 0.29) is 16.9 Å². The van der Waals surface area contributed by atoms with E-state index >= 15 is 0 Å². The van der Waals surface area contributed by atoms with Gasteiger partial charge in [-0.05, 0) is 73.5 Å². The Morgan fingerprint density at radius 3 is 2.50 bits per heavy atom. The van der Waals surface area contributed by atoms with Gasteiger partial charge >= 0.3 is 0 Å². The average molecular weight is 593 g/mol. The first-order chi connectivity index (χ1) is 19.9. The van der Waals surface area contributed by atoms with Crippen LogP contribution in [0.5, 0.6) is 0 Å². The molecule has 0 radical (unpaired) electrons. The summed E-state index contributed by atoms with van der Waals surface area (Å²) >= 11 is 0. The van der Waals surface area contributed by atoms with Crippen LogP contribution in [0.4, 0.5) is 0 Å². The molecule has 4 aliphatic carbocycles. The molecule has 9 heteroatoms. The van der Waals surface area contributed by atoms with Gasteiger partial charge in [-0.1, -0.05) is 39.3 Å². The Balaban J connectivity index is 1.09. The number of hydrogen-bond acceptors (Lipinski definition) is 9. The fourth-order valence-electron chi connectivity index (χ4n) is 11.3. The van der Waals surface area contributed by atoms with E-state index in [0.717, 1.165) is 45.1 Å². The zero-order valence-corrected chi connectivity index (χ0v) is 25.6. The molecule has 3 aliphatic heterocycles. The Morgan fingerprint density at radius 2 is 1.79 bits per heavy atom. The molecule has 238 valence electrons. The van der Waals surface area contributed by atoms with Gasteiger partial charge in [0.15, 0.2) is 12.1 Å². The normalized spacial score (nSPS) is 59.0. The number of hydrogen-bond donors (Lipinski definition) is 5. The first-order valence-electron chi connectivity index (χ1n) is 16.6. The minimum Gasteiger partial charge on any atom is -0.394 e. The second-order valence-electron chi connectivity index (χ2n) is 15.5. The van der Waals surface area contributed by atoms with E-state index in [1.165, 1.54) is 5.57 Å². The number of fused-ring (bicyclic) bond motifs is 7. The molecule has 0 aromatic heterocycles. The molecular weight excluding hydrogens is 540 g/mol. The predicted molar refractivity (Wildman–Crippen MR) is 152 cm³/mol. The van der Waals surface area contributed by atoms with Crippen LogP contribution in [0.3, 0.4) is 0 Å². The Morgan fingerprint density at radius 1 is 1.00 bits per heavy atom. The molecule has 3 heterocycles. The van der Waals surface area contributed by atoms with Crippen molar-refractivity contribution in [3.05, 3.63) is 11.6 Å².